The first kappa shape index (κ1) is 12.8. The van der Waals surface area contributed by atoms with Gasteiger partial charge in [0.1, 0.15) is 6.54 Å². The zero-order valence-electron chi connectivity index (χ0n) is 12.0. The van der Waals surface area contributed by atoms with Gasteiger partial charge in [0.15, 0.2) is 0 Å². The van der Waals surface area contributed by atoms with E-state index in [4.69, 9.17) is 4.74 Å². The van der Waals surface area contributed by atoms with Crippen LogP contribution in [0.3, 0.4) is 0 Å². The number of rotatable bonds is 2. The smallest absolute Gasteiger partial charge is 0.244 e. The maximum atomic E-state index is 12.4. The number of carbonyl (C=O) groups excluding carboxylic acids is 1. The van der Waals surface area contributed by atoms with Crippen molar-refractivity contribution < 1.29 is 9.53 Å². The number of carbonyl (C=O) groups is 1. The van der Waals surface area contributed by atoms with Crippen molar-refractivity contribution in [2.24, 2.45) is 0 Å². The lowest BCUT2D eigenvalue weighted by Gasteiger charge is -2.47. The lowest BCUT2D eigenvalue weighted by atomic mass is 9.84. The molecule has 0 unspecified atom stereocenters. The molecular weight excluding hydrogens is 266 g/mol. The summed E-state index contributed by atoms with van der Waals surface area (Å²) in [5.74, 6) is 0.150. The molecule has 1 aromatic heterocycles. The summed E-state index contributed by atoms with van der Waals surface area (Å²) < 4.78 is 7.44. The fourth-order valence-electron chi connectivity index (χ4n) is 3.28. The van der Waals surface area contributed by atoms with Gasteiger partial charge in [0.2, 0.25) is 5.91 Å². The Morgan fingerprint density at radius 1 is 1.24 bits per heavy atom. The van der Waals surface area contributed by atoms with Crippen LogP contribution in [-0.2, 0) is 16.1 Å². The van der Waals surface area contributed by atoms with Gasteiger partial charge in [-0.15, -0.1) is 0 Å². The van der Waals surface area contributed by atoms with E-state index in [0.29, 0.717) is 6.54 Å². The van der Waals surface area contributed by atoms with E-state index in [2.05, 4.69) is 5.10 Å². The zero-order valence-corrected chi connectivity index (χ0v) is 12.0. The molecule has 5 heteroatoms. The Balaban J connectivity index is 1.41. The maximum absolute atomic E-state index is 12.4. The number of benzene rings is 1. The molecule has 2 fully saturated rings. The largest absolute Gasteiger partial charge is 0.375 e. The second-order valence-corrected chi connectivity index (χ2v) is 6.05. The van der Waals surface area contributed by atoms with Crippen LogP contribution >= 0.6 is 0 Å². The van der Waals surface area contributed by atoms with E-state index in [1.54, 1.807) is 4.68 Å². The molecular formula is C16H19N3O2. The van der Waals surface area contributed by atoms with Crippen LogP contribution in [0.5, 0.6) is 0 Å². The molecule has 0 bridgehead atoms. The molecule has 2 aliphatic rings. The third kappa shape index (κ3) is 2.31. The number of piperidine rings is 1. The van der Waals surface area contributed by atoms with Crippen LogP contribution in [-0.4, -0.2) is 45.9 Å². The van der Waals surface area contributed by atoms with E-state index in [0.717, 1.165) is 49.9 Å². The molecule has 1 spiro atoms. The molecule has 2 aliphatic heterocycles. The first-order chi connectivity index (χ1) is 10.2. The minimum absolute atomic E-state index is 0.0944. The van der Waals surface area contributed by atoms with Crippen LogP contribution in [0, 0.1) is 0 Å². The van der Waals surface area contributed by atoms with Gasteiger partial charge in [-0.05, 0) is 25.3 Å². The number of ether oxygens (including phenoxy) is 1. The third-order valence-corrected chi connectivity index (χ3v) is 4.75. The highest BCUT2D eigenvalue weighted by Gasteiger charge is 2.41. The van der Waals surface area contributed by atoms with Crippen LogP contribution in [0.1, 0.15) is 19.3 Å². The second-order valence-electron chi connectivity index (χ2n) is 6.05. The lowest BCUT2D eigenvalue weighted by molar-refractivity contribution is -0.176. The fourth-order valence-corrected chi connectivity index (χ4v) is 3.28. The monoisotopic (exact) mass is 285 g/mol. The molecule has 1 aromatic carbocycles. The summed E-state index contributed by atoms with van der Waals surface area (Å²) in [7, 11) is 0. The van der Waals surface area contributed by atoms with Crippen LogP contribution in [0.4, 0.5) is 0 Å². The number of aromatic nitrogens is 2. The molecule has 21 heavy (non-hydrogen) atoms. The number of hydrogen-bond acceptors (Lipinski definition) is 3. The molecule has 2 aromatic rings. The zero-order chi connectivity index (χ0) is 14.3. The Morgan fingerprint density at radius 2 is 2.00 bits per heavy atom. The van der Waals surface area contributed by atoms with E-state index >= 15 is 0 Å². The Kier molecular flexibility index (Phi) is 2.96. The average Bonchev–Trinajstić information content (AvgIpc) is 2.88. The molecule has 110 valence electrons. The molecule has 0 aliphatic carbocycles. The van der Waals surface area contributed by atoms with Crippen molar-refractivity contribution in [1.82, 2.24) is 14.7 Å². The average molecular weight is 285 g/mol. The van der Waals surface area contributed by atoms with Crippen molar-refractivity contribution in [2.75, 3.05) is 19.7 Å². The topological polar surface area (TPSA) is 47.4 Å². The van der Waals surface area contributed by atoms with Crippen molar-refractivity contribution in [3.05, 3.63) is 30.5 Å². The summed E-state index contributed by atoms with van der Waals surface area (Å²) in [6.07, 6.45) is 5.03. The molecule has 2 saturated heterocycles. The van der Waals surface area contributed by atoms with E-state index in [9.17, 15) is 4.79 Å². The molecule has 0 saturated carbocycles. The van der Waals surface area contributed by atoms with Crippen LogP contribution < -0.4 is 0 Å². The minimum atomic E-state index is 0.0944. The number of nitrogens with zero attached hydrogens (tertiary/aromatic N) is 3. The van der Waals surface area contributed by atoms with Crippen molar-refractivity contribution >= 4 is 16.8 Å². The molecule has 1 amide bonds. The van der Waals surface area contributed by atoms with Crippen molar-refractivity contribution in [1.29, 1.82) is 0 Å². The van der Waals surface area contributed by atoms with Gasteiger partial charge >= 0.3 is 0 Å². The van der Waals surface area contributed by atoms with Crippen LogP contribution in [0.15, 0.2) is 30.5 Å². The van der Waals surface area contributed by atoms with Crippen molar-refractivity contribution in [2.45, 2.75) is 31.4 Å². The van der Waals surface area contributed by atoms with Crippen molar-refractivity contribution in [3.63, 3.8) is 0 Å². The van der Waals surface area contributed by atoms with E-state index in [-0.39, 0.29) is 11.5 Å². The van der Waals surface area contributed by atoms with Gasteiger partial charge in [-0.3, -0.25) is 9.48 Å². The van der Waals surface area contributed by atoms with Gasteiger partial charge in [-0.25, -0.2) is 0 Å². The molecule has 0 radical (unpaired) electrons. The van der Waals surface area contributed by atoms with Gasteiger partial charge in [-0.1, -0.05) is 18.2 Å². The van der Waals surface area contributed by atoms with Gasteiger partial charge in [0, 0.05) is 24.7 Å². The Labute approximate surface area is 123 Å². The van der Waals surface area contributed by atoms with Gasteiger partial charge < -0.3 is 9.64 Å². The highest BCUT2D eigenvalue weighted by molar-refractivity contribution is 5.79. The molecule has 4 rings (SSSR count). The molecule has 3 heterocycles. The molecule has 0 atom stereocenters. The highest BCUT2D eigenvalue weighted by atomic mass is 16.5. The SMILES string of the molecule is O=C(Cn1cc2ccccc2n1)N1CCC2(CCO2)CC1. The molecule has 5 nitrogen and oxygen atoms in total. The summed E-state index contributed by atoms with van der Waals surface area (Å²) in [5, 5.41) is 5.52. The predicted molar refractivity (Wildman–Crippen MR) is 78.8 cm³/mol. The van der Waals surface area contributed by atoms with Crippen LogP contribution in [0.2, 0.25) is 0 Å². The fraction of sp³-hybridized carbons (Fsp3) is 0.500. The lowest BCUT2D eigenvalue weighted by Crippen LogP contribution is -2.53. The number of fused-ring (bicyclic) bond motifs is 1. The first-order valence-corrected chi connectivity index (χ1v) is 7.58. The van der Waals surface area contributed by atoms with Gasteiger partial charge in [-0.2, -0.15) is 5.10 Å². The van der Waals surface area contributed by atoms with E-state index in [1.165, 1.54) is 0 Å². The summed E-state index contributed by atoms with van der Waals surface area (Å²) >= 11 is 0. The van der Waals surface area contributed by atoms with E-state index in [1.807, 2.05) is 35.4 Å². The Hall–Kier alpha value is -1.88. The van der Waals surface area contributed by atoms with Gasteiger partial charge in [0.25, 0.3) is 0 Å². The summed E-state index contributed by atoms with van der Waals surface area (Å²) in [6.45, 7) is 2.82. The second kappa shape index (κ2) is 4.84. The minimum Gasteiger partial charge on any atom is -0.375 e. The Morgan fingerprint density at radius 3 is 2.67 bits per heavy atom. The maximum Gasteiger partial charge on any atom is 0.244 e. The highest BCUT2D eigenvalue weighted by Crippen LogP contribution is 2.36. The van der Waals surface area contributed by atoms with Crippen molar-refractivity contribution in [3.8, 4) is 0 Å². The normalized spacial score (nSPS) is 20.7. The predicted octanol–water partition coefficient (Wildman–Crippen LogP) is 1.82. The summed E-state index contributed by atoms with van der Waals surface area (Å²) in [5.41, 5.74) is 1.03. The van der Waals surface area contributed by atoms with Crippen LogP contribution in [0.25, 0.3) is 10.9 Å². The Bertz CT molecular complexity index is 632. The molecule has 0 N–H and O–H groups in total. The summed E-state index contributed by atoms with van der Waals surface area (Å²) in [4.78, 5) is 14.3. The van der Waals surface area contributed by atoms with E-state index < -0.39 is 0 Å². The summed E-state index contributed by atoms with van der Waals surface area (Å²) in [6, 6.07) is 7.93. The first-order valence-electron chi connectivity index (χ1n) is 7.58. The van der Waals surface area contributed by atoms with Gasteiger partial charge in [0.05, 0.1) is 17.7 Å². The third-order valence-electron chi connectivity index (χ3n) is 4.75. The number of hydrogen-bond donors (Lipinski definition) is 0. The number of amides is 1. The quantitative estimate of drug-likeness (QED) is 0.845. The number of likely N-dealkylation sites (tertiary alicyclic amines) is 1. The standard InChI is InChI=1S/C16H19N3O2/c20-15(18-8-5-16(6-9-18)7-10-21-16)12-19-11-13-3-1-2-4-14(13)17-19/h1-4,11H,5-10,12H2.